The molecule has 1 saturated heterocycles. The van der Waals surface area contributed by atoms with Crippen LogP contribution in [0.15, 0.2) is 17.5 Å². The van der Waals surface area contributed by atoms with Gasteiger partial charge in [0.1, 0.15) is 0 Å². The van der Waals surface area contributed by atoms with Gasteiger partial charge in [0.15, 0.2) is 5.78 Å². The molecule has 0 unspecified atom stereocenters. The van der Waals surface area contributed by atoms with E-state index < -0.39 is 0 Å². The van der Waals surface area contributed by atoms with Crippen LogP contribution in [-0.2, 0) is 9.53 Å². The molecule has 0 spiro atoms. The highest BCUT2D eigenvalue weighted by Crippen LogP contribution is 2.14. The van der Waals surface area contributed by atoms with Crippen LogP contribution in [-0.4, -0.2) is 48.4 Å². The highest BCUT2D eigenvalue weighted by molar-refractivity contribution is 7.12. The molecule has 1 aromatic heterocycles. The molecule has 2 amide bonds. The number of piperidine rings is 1. The third-order valence-electron chi connectivity index (χ3n) is 3.76. The van der Waals surface area contributed by atoms with Crippen LogP contribution in [0.5, 0.6) is 0 Å². The van der Waals surface area contributed by atoms with Gasteiger partial charge in [0.2, 0.25) is 5.91 Å². The lowest BCUT2D eigenvalue weighted by Crippen LogP contribution is -2.46. The van der Waals surface area contributed by atoms with Gasteiger partial charge in [-0.1, -0.05) is 6.07 Å². The third-order valence-corrected chi connectivity index (χ3v) is 4.67. The van der Waals surface area contributed by atoms with Crippen molar-refractivity contribution in [3.8, 4) is 0 Å². The van der Waals surface area contributed by atoms with Gasteiger partial charge < -0.3 is 15.0 Å². The van der Waals surface area contributed by atoms with Crippen molar-refractivity contribution in [3.63, 3.8) is 0 Å². The number of ketones is 1. The zero-order chi connectivity index (χ0) is 16.7. The van der Waals surface area contributed by atoms with E-state index in [0.717, 1.165) is 0 Å². The SMILES string of the molecule is CCOC(=O)N1CCC(NC(=O)CCC(=O)c2cccs2)CC1. The molecule has 2 rings (SSSR count). The van der Waals surface area contributed by atoms with Crippen molar-refractivity contribution in [2.45, 2.75) is 38.6 Å². The fourth-order valence-corrected chi connectivity index (χ4v) is 3.20. The Morgan fingerprint density at radius 1 is 1.30 bits per heavy atom. The van der Waals surface area contributed by atoms with E-state index >= 15 is 0 Å². The minimum absolute atomic E-state index is 0.00674. The standard InChI is InChI=1S/C16H22N2O4S/c1-2-22-16(21)18-9-7-12(8-10-18)17-15(20)6-5-13(19)14-4-3-11-23-14/h3-4,11-12H,2,5-10H2,1H3,(H,17,20). The summed E-state index contributed by atoms with van der Waals surface area (Å²) in [5.41, 5.74) is 0. The summed E-state index contributed by atoms with van der Waals surface area (Å²) in [5, 5.41) is 4.80. The van der Waals surface area contributed by atoms with Crippen LogP contribution in [0.25, 0.3) is 0 Å². The Bertz CT molecular complexity index is 536. The Labute approximate surface area is 139 Å². The molecule has 1 N–H and O–H groups in total. The molecule has 6 nitrogen and oxygen atoms in total. The average Bonchev–Trinajstić information content (AvgIpc) is 3.08. The maximum atomic E-state index is 11.9. The second-order valence-electron chi connectivity index (χ2n) is 5.43. The van der Waals surface area contributed by atoms with Gasteiger partial charge >= 0.3 is 6.09 Å². The van der Waals surface area contributed by atoms with E-state index in [1.54, 1.807) is 17.9 Å². The smallest absolute Gasteiger partial charge is 0.409 e. The summed E-state index contributed by atoms with van der Waals surface area (Å²) in [5.74, 6) is -0.100. The van der Waals surface area contributed by atoms with E-state index in [1.807, 2.05) is 11.4 Å². The Kier molecular flexibility index (Phi) is 6.58. The molecule has 126 valence electrons. The molecular formula is C16H22N2O4S. The van der Waals surface area contributed by atoms with Crippen LogP contribution in [0, 0.1) is 0 Å². The fraction of sp³-hybridized carbons (Fsp3) is 0.562. The van der Waals surface area contributed by atoms with Gasteiger partial charge in [-0.15, -0.1) is 11.3 Å². The molecule has 0 aliphatic carbocycles. The number of likely N-dealkylation sites (tertiary alicyclic amines) is 1. The second kappa shape index (κ2) is 8.67. The summed E-state index contributed by atoms with van der Waals surface area (Å²) in [6.07, 6.45) is 1.56. The first kappa shape index (κ1) is 17.5. The summed E-state index contributed by atoms with van der Waals surface area (Å²) in [7, 11) is 0. The van der Waals surface area contributed by atoms with Crippen LogP contribution in [0.4, 0.5) is 4.79 Å². The lowest BCUT2D eigenvalue weighted by Gasteiger charge is -2.31. The molecule has 0 atom stereocenters. The molecule has 0 bridgehead atoms. The third kappa shape index (κ3) is 5.35. The van der Waals surface area contributed by atoms with E-state index in [2.05, 4.69) is 5.32 Å². The minimum atomic E-state index is -0.293. The summed E-state index contributed by atoms with van der Waals surface area (Å²) < 4.78 is 4.96. The molecule has 1 fully saturated rings. The monoisotopic (exact) mass is 338 g/mol. The van der Waals surface area contributed by atoms with Crippen LogP contribution in [0.2, 0.25) is 0 Å². The summed E-state index contributed by atoms with van der Waals surface area (Å²) in [4.78, 5) is 37.7. The second-order valence-corrected chi connectivity index (χ2v) is 6.38. The Hall–Kier alpha value is -1.89. The van der Waals surface area contributed by atoms with E-state index in [9.17, 15) is 14.4 Å². The number of hydrogen-bond acceptors (Lipinski definition) is 5. The fourth-order valence-electron chi connectivity index (χ4n) is 2.51. The van der Waals surface area contributed by atoms with Gasteiger partial charge in [-0.25, -0.2) is 4.79 Å². The van der Waals surface area contributed by atoms with Crippen molar-refractivity contribution in [1.82, 2.24) is 10.2 Å². The van der Waals surface area contributed by atoms with E-state index in [0.29, 0.717) is 37.4 Å². The van der Waals surface area contributed by atoms with Crippen molar-refractivity contribution in [2.24, 2.45) is 0 Å². The normalized spacial score (nSPS) is 15.3. The van der Waals surface area contributed by atoms with Gasteiger partial charge in [-0.2, -0.15) is 0 Å². The van der Waals surface area contributed by atoms with E-state index in [-0.39, 0.29) is 36.7 Å². The largest absolute Gasteiger partial charge is 0.450 e. The van der Waals surface area contributed by atoms with Crippen molar-refractivity contribution >= 4 is 29.1 Å². The van der Waals surface area contributed by atoms with Crippen LogP contribution in [0.3, 0.4) is 0 Å². The number of nitrogens with zero attached hydrogens (tertiary/aromatic N) is 1. The molecular weight excluding hydrogens is 316 g/mol. The molecule has 0 saturated carbocycles. The Balaban J connectivity index is 1.67. The van der Waals surface area contributed by atoms with E-state index in [4.69, 9.17) is 4.74 Å². The summed E-state index contributed by atoms with van der Waals surface area (Å²) in [6.45, 7) is 3.31. The predicted octanol–water partition coefficient (Wildman–Crippen LogP) is 2.45. The Morgan fingerprint density at radius 3 is 2.65 bits per heavy atom. The van der Waals surface area contributed by atoms with Gasteiger partial charge in [0.25, 0.3) is 0 Å². The van der Waals surface area contributed by atoms with Gasteiger partial charge in [-0.05, 0) is 31.2 Å². The average molecular weight is 338 g/mol. The number of Topliss-reactive ketones (excluding diaryl/α,β-unsaturated/α-hetero) is 1. The number of carbonyl (C=O) groups is 3. The quantitative estimate of drug-likeness (QED) is 0.809. The van der Waals surface area contributed by atoms with Crippen LogP contribution in [0.1, 0.15) is 42.3 Å². The van der Waals surface area contributed by atoms with Crippen LogP contribution >= 0.6 is 11.3 Å². The first-order valence-corrected chi connectivity index (χ1v) is 8.76. The zero-order valence-electron chi connectivity index (χ0n) is 13.2. The highest BCUT2D eigenvalue weighted by atomic mass is 32.1. The topological polar surface area (TPSA) is 75.7 Å². The highest BCUT2D eigenvalue weighted by Gasteiger charge is 2.24. The van der Waals surface area contributed by atoms with Crippen molar-refractivity contribution in [2.75, 3.05) is 19.7 Å². The Morgan fingerprint density at radius 2 is 2.04 bits per heavy atom. The number of amides is 2. The zero-order valence-corrected chi connectivity index (χ0v) is 14.1. The van der Waals surface area contributed by atoms with Gasteiger partial charge in [-0.3, -0.25) is 9.59 Å². The molecule has 0 radical (unpaired) electrons. The summed E-state index contributed by atoms with van der Waals surface area (Å²) >= 11 is 1.39. The number of rotatable bonds is 6. The van der Waals surface area contributed by atoms with Crippen molar-refractivity contribution in [1.29, 1.82) is 0 Å². The van der Waals surface area contributed by atoms with Crippen molar-refractivity contribution in [3.05, 3.63) is 22.4 Å². The molecule has 0 aromatic carbocycles. The molecule has 1 aliphatic heterocycles. The lowest BCUT2D eigenvalue weighted by molar-refractivity contribution is -0.122. The van der Waals surface area contributed by atoms with Crippen molar-refractivity contribution < 1.29 is 19.1 Å². The molecule has 1 aliphatic rings. The number of ether oxygens (including phenoxy) is 1. The van der Waals surface area contributed by atoms with Gasteiger partial charge in [0, 0.05) is 32.0 Å². The number of hydrogen-bond donors (Lipinski definition) is 1. The maximum Gasteiger partial charge on any atom is 0.409 e. The van der Waals surface area contributed by atoms with E-state index in [1.165, 1.54) is 11.3 Å². The first-order chi connectivity index (χ1) is 11.1. The number of carbonyl (C=O) groups excluding carboxylic acids is 3. The molecule has 7 heteroatoms. The maximum absolute atomic E-state index is 11.9. The molecule has 1 aromatic rings. The van der Waals surface area contributed by atoms with Gasteiger partial charge in [0.05, 0.1) is 11.5 Å². The summed E-state index contributed by atoms with van der Waals surface area (Å²) in [6, 6.07) is 3.66. The minimum Gasteiger partial charge on any atom is -0.450 e. The first-order valence-electron chi connectivity index (χ1n) is 7.88. The molecule has 23 heavy (non-hydrogen) atoms. The predicted molar refractivity (Wildman–Crippen MR) is 87.6 cm³/mol. The number of thiophene rings is 1. The van der Waals surface area contributed by atoms with Crippen LogP contribution < -0.4 is 5.32 Å². The lowest BCUT2D eigenvalue weighted by atomic mass is 10.0. The number of nitrogens with one attached hydrogen (secondary N) is 1. The molecule has 2 heterocycles.